The molecular formula is C17H23N3S. The van der Waals surface area contributed by atoms with E-state index in [-0.39, 0.29) is 6.04 Å². The summed E-state index contributed by atoms with van der Waals surface area (Å²) < 4.78 is 0. The molecule has 112 valence electrons. The zero-order valence-electron chi connectivity index (χ0n) is 12.3. The molecule has 0 aliphatic heterocycles. The minimum absolute atomic E-state index is 0.163. The lowest BCUT2D eigenvalue weighted by Crippen LogP contribution is -2.30. The van der Waals surface area contributed by atoms with E-state index in [1.807, 2.05) is 12.4 Å². The van der Waals surface area contributed by atoms with Crippen molar-refractivity contribution in [3.8, 4) is 0 Å². The third-order valence-electron chi connectivity index (χ3n) is 4.33. The van der Waals surface area contributed by atoms with Crippen LogP contribution >= 0.6 is 11.8 Å². The van der Waals surface area contributed by atoms with Gasteiger partial charge < -0.3 is 0 Å². The fourth-order valence-corrected chi connectivity index (χ4v) is 4.52. The summed E-state index contributed by atoms with van der Waals surface area (Å²) in [6, 6.07) is 8.55. The zero-order valence-corrected chi connectivity index (χ0v) is 13.1. The van der Waals surface area contributed by atoms with Gasteiger partial charge in [-0.1, -0.05) is 43.5 Å². The van der Waals surface area contributed by atoms with E-state index in [0.29, 0.717) is 0 Å². The van der Waals surface area contributed by atoms with Gasteiger partial charge in [-0.3, -0.25) is 16.3 Å². The first-order valence-electron chi connectivity index (χ1n) is 7.79. The normalized spacial score (nSPS) is 18.0. The van der Waals surface area contributed by atoms with Gasteiger partial charge in [0.15, 0.2) is 0 Å². The van der Waals surface area contributed by atoms with Gasteiger partial charge in [0.1, 0.15) is 0 Å². The Labute approximate surface area is 130 Å². The number of pyridine rings is 1. The van der Waals surface area contributed by atoms with Crippen LogP contribution in [0.5, 0.6) is 0 Å². The number of hydrazine groups is 1. The summed E-state index contributed by atoms with van der Waals surface area (Å²) >= 11 is 2.06. The van der Waals surface area contributed by atoms with Gasteiger partial charge in [-0.05, 0) is 23.8 Å². The van der Waals surface area contributed by atoms with Crippen LogP contribution in [0.3, 0.4) is 0 Å². The summed E-state index contributed by atoms with van der Waals surface area (Å²) in [7, 11) is 0. The highest BCUT2D eigenvalue weighted by atomic mass is 32.2. The van der Waals surface area contributed by atoms with Gasteiger partial charge in [0.05, 0.1) is 6.04 Å². The Kier molecular flexibility index (Phi) is 5.12. The summed E-state index contributed by atoms with van der Waals surface area (Å²) in [6.45, 7) is 0. The standard InChI is InChI=1S/C17H23N3S/c18-20-17(12-21-14-7-2-1-3-8-14)16-11-19-10-13-6-4-5-9-15(13)16/h4-6,9-11,14,17,20H,1-3,7-8,12,18H2. The lowest BCUT2D eigenvalue weighted by Gasteiger charge is -2.24. The lowest BCUT2D eigenvalue weighted by molar-refractivity contribution is 0.514. The van der Waals surface area contributed by atoms with Gasteiger partial charge in [0, 0.05) is 28.8 Å². The molecule has 1 unspecified atom stereocenters. The fraction of sp³-hybridized carbons (Fsp3) is 0.471. The largest absolute Gasteiger partial charge is 0.271 e. The fourth-order valence-electron chi connectivity index (χ4n) is 3.11. The van der Waals surface area contributed by atoms with E-state index in [1.54, 1.807) is 0 Å². The number of nitrogens with one attached hydrogen (secondary N) is 1. The predicted molar refractivity (Wildman–Crippen MR) is 91.1 cm³/mol. The first kappa shape index (κ1) is 14.8. The second kappa shape index (κ2) is 7.25. The van der Waals surface area contributed by atoms with Crippen molar-refractivity contribution in [3.63, 3.8) is 0 Å². The van der Waals surface area contributed by atoms with Crippen molar-refractivity contribution in [1.82, 2.24) is 10.4 Å². The third kappa shape index (κ3) is 3.57. The molecule has 1 aliphatic carbocycles. The van der Waals surface area contributed by atoms with Crippen molar-refractivity contribution >= 4 is 22.5 Å². The molecular weight excluding hydrogens is 278 g/mol. The van der Waals surface area contributed by atoms with Crippen LogP contribution < -0.4 is 11.3 Å². The monoisotopic (exact) mass is 301 g/mol. The highest BCUT2D eigenvalue weighted by Gasteiger charge is 2.18. The molecule has 3 N–H and O–H groups in total. The smallest absolute Gasteiger partial charge is 0.0571 e. The lowest BCUT2D eigenvalue weighted by atomic mass is 10.0. The van der Waals surface area contributed by atoms with Gasteiger partial charge in [0.2, 0.25) is 0 Å². The predicted octanol–water partition coefficient (Wildman–Crippen LogP) is 3.81. The van der Waals surface area contributed by atoms with E-state index in [0.717, 1.165) is 11.0 Å². The second-order valence-electron chi connectivity index (χ2n) is 5.76. The van der Waals surface area contributed by atoms with E-state index in [9.17, 15) is 0 Å². The summed E-state index contributed by atoms with van der Waals surface area (Å²) in [5.74, 6) is 6.83. The van der Waals surface area contributed by atoms with E-state index >= 15 is 0 Å². The van der Waals surface area contributed by atoms with Gasteiger partial charge >= 0.3 is 0 Å². The number of hydrogen-bond acceptors (Lipinski definition) is 4. The Morgan fingerprint density at radius 3 is 2.81 bits per heavy atom. The van der Waals surface area contributed by atoms with Crippen molar-refractivity contribution < 1.29 is 0 Å². The first-order chi connectivity index (χ1) is 10.4. The van der Waals surface area contributed by atoms with Crippen molar-refractivity contribution in [2.24, 2.45) is 5.84 Å². The molecule has 3 nitrogen and oxygen atoms in total. The molecule has 2 aromatic rings. The van der Waals surface area contributed by atoms with E-state index < -0.39 is 0 Å². The first-order valence-corrected chi connectivity index (χ1v) is 8.84. The van der Waals surface area contributed by atoms with E-state index in [1.165, 1.54) is 48.4 Å². The number of benzene rings is 1. The highest BCUT2D eigenvalue weighted by Crippen LogP contribution is 2.32. The number of nitrogens with zero attached hydrogens (tertiary/aromatic N) is 1. The number of aromatic nitrogens is 1. The number of nitrogens with two attached hydrogens (primary N) is 1. The van der Waals surface area contributed by atoms with Gasteiger partial charge in [-0.2, -0.15) is 11.8 Å². The second-order valence-corrected chi connectivity index (χ2v) is 7.10. The van der Waals surface area contributed by atoms with Crippen LogP contribution in [0.1, 0.15) is 43.7 Å². The molecule has 1 aromatic heterocycles. The minimum Gasteiger partial charge on any atom is -0.271 e. The Balaban J connectivity index is 1.75. The molecule has 0 spiro atoms. The van der Waals surface area contributed by atoms with Crippen LogP contribution in [0, 0.1) is 0 Å². The molecule has 1 aliphatic rings. The number of thioether (sulfide) groups is 1. The van der Waals surface area contributed by atoms with Gasteiger partial charge in [-0.25, -0.2) is 0 Å². The average molecular weight is 301 g/mol. The molecule has 0 amide bonds. The SMILES string of the molecule is NNC(CSC1CCCCC1)c1cncc2ccccc12. The third-order valence-corrected chi connectivity index (χ3v) is 5.80. The molecule has 0 saturated heterocycles. The Bertz CT molecular complexity index is 576. The van der Waals surface area contributed by atoms with Crippen molar-refractivity contribution in [3.05, 3.63) is 42.2 Å². The van der Waals surface area contributed by atoms with Crippen LogP contribution in [0.4, 0.5) is 0 Å². The van der Waals surface area contributed by atoms with Crippen LogP contribution in [-0.4, -0.2) is 16.0 Å². The van der Waals surface area contributed by atoms with Crippen LogP contribution in [0.25, 0.3) is 10.8 Å². The molecule has 1 fully saturated rings. The quantitative estimate of drug-likeness (QED) is 0.651. The van der Waals surface area contributed by atoms with Crippen molar-refractivity contribution in [2.45, 2.75) is 43.4 Å². The average Bonchev–Trinajstić information content (AvgIpc) is 2.56. The van der Waals surface area contributed by atoms with E-state index in [4.69, 9.17) is 5.84 Å². The molecule has 1 saturated carbocycles. The van der Waals surface area contributed by atoms with Crippen LogP contribution in [0.15, 0.2) is 36.7 Å². The van der Waals surface area contributed by atoms with Crippen LogP contribution in [-0.2, 0) is 0 Å². The molecule has 1 heterocycles. The maximum Gasteiger partial charge on any atom is 0.0571 e. The molecule has 1 aromatic carbocycles. The minimum atomic E-state index is 0.163. The number of rotatable bonds is 5. The molecule has 4 heteroatoms. The van der Waals surface area contributed by atoms with Crippen LogP contribution in [0.2, 0.25) is 0 Å². The Morgan fingerprint density at radius 1 is 1.19 bits per heavy atom. The molecule has 1 atom stereocenters. The van der Waals surface area contributed by atoms with Gasteiger partial charge in [0.25, 0.3) is 0 Å². The summed E-state index contributed by atoms with van der Waals surface area (Å²) in [5, 5.41) is 3.23. The van der Waals surface area contributed by atoms with Crippen molar-refractivity contribution in [2.75, 3.05) is 5.75 Å². The summed E-state index contributed by atoms with van der Waals surface area (Å²) in [5.41, 5.74) is 4.20. The maximum absolute atomic E-state index is 5.82. The topological polar surface area (TPSA) is 50.9 Å². The number of hydrogen-bond donors (Lipinski definition) is 2. The Hall–Kier alpha value is -1.10. The molecule has 21 heavy (non-hydrogen) atoms. The van der Waals surface area contributed by atoms with Gasteiger partial charge in [-0.15, -0.1) is 0 Å². The maximum atomic E-state index is 5.82. The summed E-state index contributed by atoms with van der Waals surface area (Å²) in [6.07, 6.45) is 10.8. The molecule has 3 rings (SSSR count). The zero-order chi connectivity index (χ0) is 14.5. The Morgan fingerprint density at radius 2 is 2.00 bits per heavy atom. The van der Waals surface area contributed by atoms with E-state index in [2.05, 4.69) is 46.4 Å². The summed E-state index contributed by atoms with van der Waals surface area (Å²) in [4.78, 5) is 4.37. The highest BCUT2D eigenvalue weighted by molar-refractivity contribution is 7.99. The van der Waals surface area contributed by atoms with Crippen molar-refractivity contribution in [1.29, 1.82) is 0 Å². The molecule has 0 radical (unpaired) electrons. The number of fused-ring (bicyclic) bond motifs is 1. The molecule has 0 bridgehead atoms.